The quantitative estimate of drug-likeness (QED) is 0.0871. The molecule has 1 saturated heterocycles. The molecule has 2 unspecified atom stereocenters. The van der Waals surface area contributed by atoms with Gasteiger partial charge in [0, 0.05) is 25.5 Å². The highest BCUT2D eigenvalue weighted by molar-refractivity contribution is 9.10. The van der Waals surface area contributed by atoms with Crippen LogP contribution in [-0.2, 0) is 14.3 Å². The number of anilines is 1. The lowest BCUT2D eigenvalue weighted by molar-refractivity contribution is -0.122. The van der Waals surface area contributed by atoms with Crippen molar-refractivity contribution >= 4 is 83.6 Å². The number of fused-ring (bicyclic) bond motifs is 2. The average Bonchev–Trinajstić information content (AvgIpc) is 3.28. The van der Waals surface area contributed by atoms with E-state index >= 15 is 0 Å². The lowest BCUT2D eigenvalue weighted by Crippen LogP contribution is -2.30. The van der Waals surface area contributed by atoms with E-state index in [4.69, 9.17) is 21.3 Å². The maximum atomic E-state index is 13.4. The number of carbonyl (C=O) groups excluding carboxylic acids is 4. The van der Waals surface area contributed by atoms with Crippen LogP contribution in [0.5, 0.6) is 0 Å². The van der Waals surface area contributed by atoms with E-state index in [1.165, 1.54) is 4.90 Å². The Labute approximate surface area is 269 Å². The molecule has 0 spiro atoms. The smallest absolute Gasteiger partial charge is 0.339 e. The zero-order chi connectivity index (χ0) is 30.4. The Morgan fingerprint density at radius 1 is 0.953 bits per heavy atom. The number of aromatic nitrogens is 1. The van der Waals surface area contributed by atoms with E-state index in [1.807, 2.05) is 12.2 Å². The first kappa shape index (κ1) is 29.4. The van der Waals surface area contributed by atoms with Crippen LogP contribution in [0.2, 0.25) is 5.02 Å². The summed E-state index contributed by atoms with van der Waals surface area (Å²) in [5, 5.41) is 0.971. The van der Waals surface area contributed by atoms with Crippen molar-refractivity contribution in [1.82, 2.24) is 4.98 Å². The topological polar surface area (TPSA) is 93.6 Å². The van der Waals surface area contributed by atoms with Gasteiger partial charge in [0.05, 0.1) is 39.3 Å². The second-order valence-electron chi connectivity index (χ2n) is 10.5. The average molecular weight is 723 g/mol. The van der Waals surface area contributed by atoms with Gasteiger partial charge in [0.2, 0.25) is 11.8 Å². The van der Waals surface area contributed by atoms with Gasteiger partial charge in [0.15, 0.2) is 12.4 Å². The predicted molar refractivity (Wildman–Crippen MR) is 171 cm³/mol. The van der Waals surface area contributed by atoms with Gasteiger partial charge in [0.1, 0.15) is 0 Å². The van der Waals surface area contributed by atoms with Crippen molar-refractivity contribution in [3.8, 4) is 11.3 Å². The summed E-state index contributed by atoms with van der Waals surface area (Å²) in [6.07, 6.45) is 5.04. The van der Waals surface area contributed by atoms with Gasteiger partial charge in [-0.15, -0.1) is 0 Å². The standard InChI is InChI=1S/C33H23Br2ClN2O5/c1-17-29(36)26(35)14-24-25(33(42)43-16-28(39)19-6-10-20(34)11-7-19)15-27(37-30(17)24)18-8-12-21(13-9-18)38-31(40)22-4-2-3-5-23(22)32(38)41/h2-3,6-15,22-23H,4-5,16H2,1H3. The van der Waals surface area contributed by atoms with Crippen LogP contribution in [0.4, 0.5) is 5.69 Å². The van der Waals surface area contributed by atoms with E-state index in [0.717, 1.165) is 4.47 Å². The van der Waals surface area contributed by atoms with E-state index in [-0.39, 0.29) is 35.0 Å². The minimum absolute atomic E-state index is 0.186. The first-order valence-corrected chi connectivity index (χ1v) is 15.5. The summed E-state index contributed by atoms with van der Waals surface area (Å²) in [7, 11) is 0. The monoisotopic (exact) mass is 720 g/mol. The summed E-state index contributed by atoms with van der Waals surface area (Å²) in [4.78, 5) is 58.3. The van der Waals surface area contributed by atoms with E-state index in [1.54, 1.807) is 67.6 Å². The maximum Gasteiger partial charge on any atom is 0.339 e. The van der Waals surface area contributed by atoms with Gasteiger partial charge in [0.25, 0.3) is 0 Å². The molecule has 0 N–H and O–H groups in total. The number of hydrogen-bond acceptors (Lipinski definition) is 6. The summed E-state index contributed by atoms with van der Waals surface area (Å²) >= 11 is 13.3. The molecular weight excluding hydrogens is 700 g/mol. The van der Waals surface area contributed by atoms with Gasteiger partial charge in [-0.05, 0) is 77.7 Å². The Balaban J connectivity index is 1.33. The predicted octanol–water partition coefficient (Wildman–Crippen LogP) is 7.88. The number of aryl methyl sites for hydroxylation is 1. The van der Waals surface area contributed by atoms with Gasteiger partial charge in [-0.25, -0.2) is 9.78 Å². The fourth-order valence-electron chi connectivity index (χ4n) is 5.54. The molecule has 2 aliphatic rings. The number of Topliss-reactive ketones (excluding diaryl/α,β-unsaturated/α-hetero) is 1. The van der Waals surface area contributed by atoms with Crippen molar-refractivity contribution in [2.24, 2.45) is 11.8 Å². The second-order valence-corrected chi connectivity index (χ2v) is 12.6. The van der Waals surface area contributed by atoms with Crippen molar-refractivity contribution < 1.29 is 23.9 Å². The number of hydrogen-bond donors (Lipinski definition) is 0. The number of carbonyl (C=O) groups is 4. The third kappa shape index (κ3) is 5.46. The third-order valence-corrected chi connectivity index (χ3v) is 9.74. The lowest BCUT2D eigenvalue weighted by atomic mass is 9.85. The summed E-state index contributed by atoms with van der Waals surface area (Å²) < 4.78 is 6.90. The summed E-state index contributed by atoms with van der Waals surface area (Å²) in [6.45, 7) is 1.37. The van der Waals surface area contributed by atoms with E-state index < -0.39 is 12.6 Å². The Bertz CT molecular complexity index is 1830. The van der Waals surface area contributed by atoms with E-state index in [0.29, 0.717) is 61.3 Å². The van der Waals surface area contributed by atoms with E-state index in [9.17, 15) is 19.2 Å². The number of benzene rings is 3. The first-order chi connectivity index (χ1) is 20.6. The molecule has 43 heavy (non-hydrogen) atoms. The normalized spacial score (nSPS) is 17.8. The Morgan fingerprint density at radius 2 is 1.58 bits per heavy atom. The van der Waals surface area contributed by atoms with Crippen LogP contribution in [0.15, 0.2) is 81.8 Å². The molecule has 216 valence electrons. The van der Waals surface area contributed by atoms with Crippen molar-refractivity contribution in [2.75, 3.05) is 11.5 Å². The molecule has 1 aromatic heterocycles. The Hall–Kier alpha value is -3.66. The molecule has 0 radical (unpaired) electrons. The lowest BCUT2D eigenvalue weighted by Gasteiger charge is -2.16. The van der Waals surface area contributed by atoms with Crippen molar-refractivity contribution in [3.05, 3.63) is 103 Å². The van der Waals surface area contributed by atoms with Crippen LogP contribution < -0.4 is 4.90 Å². The van der Waals surface area contributed by atoms with Crippen molar-refractivity contribution in [2.45, 2.75) is 19.8 Å². The van der Waals surface area contributed by atoms with Gasteiger partial charge < -0.3 is 4.74 Å². The molecule has 0 saturated carbocycles. The number of nitrogens with zero attached hydrogens (tertiary/aromatic N) is 2. The molecule has 1 aliphatic carbocycles. The highest BCUT2D eigenvalue weighted by atomic mass is 79.9. The van der Waals surface area contributed by atoms with Crippen molar-refractivity contribution in [3.63, 3.8) is 0 Å². The molecule has 6 rings (SSSR count). The zero-order valence-corrected chi connectivity index (χ0v) is 26.7. The van der Waals surface area contributed by atoms with Gasteiger partial charge in [-0.2, -0.15) is 0 Å². The molecular formula is C33H23Br2ClN2O5. The largest absolute Gasteiger partial charge is 0.454 e. The number of amides is 2. The maximum absolute atomic E-state index is 13.4. The third-order valence-electron chi connectivity index (χ3n) is 7.87. The Morgan fingerprint density at radius 3 is 2.21 bits per heavy atom. The van der Waals surface area contributed by atoms with Crippen LogP contribution in [0.1, 0.15) is 39.1 Å². The number of esters is 1. The summed E-state index contributed by atoms with van der Waals surface area (Å²) in [6, 6.07) is 17.0. The molecule has 0 bridgehead atoms. The number of allylic oxidation sites excluding steroid dienone is 2. The number of ether oxygens (including phenoxy) is 1. The molecule has 2 amide bonds. The highest BCUT2D eigenvalue weighted by Gasteiger charge is 2.47. The fourth-order valence-corrected chi connectivity index (χ4v) is 6.48. The molecule has 2 heterocycles. The highest BCUT2D eigenvalue weighted by Crippen LogP contribution is 2.39. The molecule has 7 nitrogen and oxygen atoms in total. The number of imide groups is 1. The van der Waals surface area contributed by atoms with Gasteiger partial charge in [-0.1, -0.05) is 63.9 Å². The number of pyridine rings is 1. The van der Waals surface area contributed by atoms with Crippen LogP contribution in [0.3, 0.4) is 0 Å². The Kier molecular flexibility index (Phi) is 8.06. The SMILES string of the molecule is Cc1c(Cl)c(Br)cc2c(C(=O)OCC(=O)c3ccc(Br)cc3)cc(-c3ccc(N4C(=O)C5CC=CCC5C4=O)cc3)nc12. The second kappa shape index (κ2) is 11.8. The molecule has 10 heteroatoms. The van der Waals surface area contributed by atoms with Gasteiger partial charge >= 0.3 is 5.97 Å². The van der Waals surface area contributed by atoms with Crippen LogP contribution in [0, 0.1) is 18.8 Å². The molecule has 2 atom stereocenters. The molecule has 3 aromatic carbocycles. The van der Waals surface area contributed by atoms with Crippen LogP contribution in [0.25, 0.3) is 22.2 Å². The van der Waals surface area contributed by atoms with E-state index in [2.05, 4.69) is 31.9 Å². The summed E-state index contributed by atoms with van der Waals surface area (Å²) in [5.41, 5.74) is 3.41. The number of halogens is 3. The zero-order valence-electron chi connectivity index (χ0n) is 22.8. The molecule has 1 aliphatic heterocycles. The first-order valence-electron chi connectivity index (χ1n) is 13.5. The number of rotatable bonds is 6. The minimum Gasteiger partial charge on any atom is -0.454 e. The minimum atomic E-state index is -0.686. The molecule has 1 fully saturated rings. The van der Waals surface area contributed by atoms with Gasteiger partial charge in [-0.3, -0.25) is 19.3 Å². The van der Waals surface area contributed by atoms with Crippen LogP contribution >= 0.6 is 43.5 Å². The fraction of sp³-hybridized carbons (Fsp3) is 0.182. The van der Waals surface area contributed by atoms with Crippen LogP contribution in [-0.4, -0.2) is 35.2 Å². The molecule has 4 aromatic rings. The summed E-state index contributed by atoms with van der Waals surface area (Å²) in [5.74, 6) is -2.04. The number of ketones is 1. The van der Waals surface area contributed by atoms with Crippen molar-refractivity contribution in [1.29, 1.82) is 0 Å².